The number of rotatable bonds is 6. The van der Waals surface area contributed by atoms with Crippen molar-refractivity contribution in [1.82, 2.24) is 10.3 Å². The number of hydrogen-bond donors (Lipinski definition) is 2. The van der Waals surface area contributed by atoms with Gasteiger partial charge in [-0.2, -0.15) is 5.48 Å². The Morgan fingerprint density at radius 1 is 1.28 bits per heavy atom. The zero-order valence-corrected chi connectivity index (χ0v) is 16.8. The van der Waals surface area contributed by atoms with E-state index in [1.165, 1.54) is 35.8 Å². The van der Waals surface area contributed by atoms with Gasteiger partial charge in [-0.3, -0.25) is 9.73 Å². The Morgan fingerprint density at radius 2 is 2.14 bits per heavy atom. The smallest absolute Gasteiger partial charge is 0.258 e. The lowest BCUT2D eigenvalue weighted by atomic mass is 10.1. The average molecular weight is 476 g/mol. The first-order chi connectivity index (χ1) is 14.1. The minimum absolute atomic E-state index is 0.0992. The normalized spacial score (nSPS) is 11.1. The number of amides is 1. The summed E-state index contributed by atoms with van der Waals surface area (Å²) < 4.78 is 19.2. The summed E-state index contributed by atoms with van der Waals surface area (Å²) in [5, 5.41) is 16.3. The van der Waals surface area contributed by atoms with Crippen molar-refractivity contribution in [3.63, 3.8) is 0 Å². The van der Waals surface area contributed by atoms with Crippen molar-refractivity contribution in [1.29, 1.82) is 0 Å². The van der Waals surface area contributed by atoms with Crippen molar-refractivity contribution in [2.75, 3.05) is 10.8 Å². The zero-order chi connectivity index (χ0) is 20.2. The molecule has 0 saturated carbocycles. The lowest BCUT2D eigenvalue weighted by Crippen LogP contribution is -2.13. The fourth-order valence-corrected chi connectivity index (χ4v) is 3.73. The van der Waals surface area contributed by atoms with Crippen LogP contribution in [0.15, 0.2) is 62.1 Å². The van der Waals surface area contributed by atoms with Gasteiger partial charge in [-0.05, 0) is 50.5 Å². The van der Waals surface area contributed by atoms with Crippen molar-refractivity contribution >= 4 is 61.0 Å². The summed E-state index contributed by atoms with van der Waals surface area (Å²) in [5.74, 6) is -0.642. The summed E-state index contributed by atoms with van der Waals surface area (Å²) >= 11 is 4.55. The first kappa shape index (κ1) is 19.0. The number of hydrogen-bond acceptors (Lipinski definition) is 8. The molecule has 0 saturated heterocycles. The second kappa shape index (κ2) is 8.37. The van der Waals surface area contributed by atoms with Crippen LogP contribution in [0.2, 0.25) is 0 Å². The van der Waals surface area contributed by atoms with Crippen LogP contribution in [0, 0.1) is 5.82 Å². The third-order valence-electron chi connectivity index (χ3n) is 3.78. The lowest BCUT2D eigenvalue weighted by Gasteiger charge is -2.03. The van der Waals surface area contributed by atoms with Crippen LogP contribution in [-0.4, -0.2) is 22.4 Å². The van der Waals surface area contributed by atoms with Gasteiger partial charge in [0, 0.05) is 15.5 Å². The Balaban J connectivity index is 1.41. The van der Waals surface area contributed by atoms with E-state index in [0.717, 1.165) is 10.1 Å². The maximum absolute atomic E-state index is 13.2. The van der Waals surface area contributed by atoms with E-state index in [1.807, 2.05) is 24.3 Å². The molecule has 2 N–H and O–H groups in total. The Bertz CT molecular complexity index is 1210. The van der Waals surface area contributed by atoms with E-state index < -0.39 is 5.82 Å². The number of oxime groups is 1. The number of benzene rings is 2. The molecule has 1 amide bonds. The molecule has 29 heavy (non-hydrogen) atoms. The number of fused-ring (bicyclic) bond motifs is 1. The van der Waals surface area contributed by atoms with Crippen molar-refractivity contribution in [2.45, 2.75) is 0 Å². The summed E-state index contributed by atoms with van der Waals surface area (Å²) in [6.45, 7) is 0. The largest absolute Gasteiger partial charge is 0.302 e. The molecule has 0 aliphatic heterocycles. The van der Waals surface area contributed by atoms with Crippen molar-refractivity contribution in [2.24, 2.45) is 5.16 Å². The Morgan fingerprint density at radius 3 is 3.00 bits per heavy atom. The first-order valence-electron chi connectivity index (χ1n) is 8.12. The number of nitrogens with one attached hydrogen (secondary N) is 2. The molecule has 0 fully saturated rings. The quantitative estimate of drug-likeness (QED) is 0.306. The molecule has 8 nitrogen and oxygen atoms in total. The number of aromatic nitrogens is 2. The Labute approximate surface area is 175 Å². The molecule has 0 bridgehead atoms. The summed E-state index contributed by atoms with van der Waals surface area (Å²) in [7, 11) is 0. The predicted molar refractivity (Wildman–Crippen MR) is 110 cm³/mol. The highest BCUT2D eigenvalue weighted by molar-refractivity contribution is 9.10. The highest BCUT2D eigenvalue weighted by Crippen LogP contribution is 2.26. The molecule has 2 aromatic carbocycles. The highest BCUT2D eigenvalue weighted by Gasteiger charge is 2.16. The molecule has 0 spiro atoms. The lowest BCUT2D eigenvalue weighted by molar-refractivity contribution is 0.102. The standard InChI is InChI=1S/C18H11BrFN5O3S/c19-13-7-10(5-6-14(13)20)23-27-21-8-15-17(25-28-24-15)22-18(26)12-9-29-16-4-2-1-3-11(12)16/h1-9,23H,(H,22,25,26)/b21-8+. The molecule has 2 aromatic heterocycles. The van der Waals surface area contributed by atoms with E-state index in [0.29, 0.717) is 11.3 Å². The van der Waals surface area contributed by atoms with Crippen molar-refractivity contribution < 1.29 is 18.8 Å². The molecule has 146 valence electrons. The maximum atomic E-state index is 13.2. The summed E-state index contributed by atoms with van der Waals surface area (Å²) in [6.07, 6.45) is 1.21. The van der Waals surface area contributed by atoms with Gasteiger partial charge in [0.25, 0.3) is 5.91 Å². The van der Waals surface area contributed by atoms with Crippen molar-refractivity contribution in [3.8, 4) is 0 Å². The van der Waals surface area contributed by atoms with Crippen LogP contribution in [0.25, 0.3) is 10.1 Å². The van der Waals surface area contributed by atoms with Gasteiger partial charge >= 0.3 is 0 Å². The topological polar surface area (TPSA) is 102 Å². The van der Waals surface area contributed by atoms with E-state index in [2.05, 4.69) is 46.8 Å². The van der Waals surface area contributed by atoms with E-state index in [1.54, 1.807) is 5.38 Å². The van der Waals surface area contributed by atoms with Gasteiger partial charge in [0.1, 0.15) is 12.0 Å². The van der Waals surface area contributed by atoms with Crippen LogP contribution in [0.3, 0.4) is 0 Å². The van der Waals surface area contributed by atoms with Crippen molar-refractivity contribution in [3.05, 3.63) is 69.4 Å². The molecule has 4 rings (SSSR count). The fraction of sp³-hybridized carbons (Fsp3) is 0. The van der Waals surface area contributed by atoms with Gasteiger partial charge in [0.15, 0.2) is 5.69 Å². The molecule has 4 aromatic rings. The second-order valence-electron chi connectivity index (χ2n) is 5.65. The van der Waals surface area contributed by atoms with Crippen LogP contribution in [0.4, 0.5) is 15.9 Å². The summed E-state index contributed by atoms with van der Waals surface area (Å²) in [5.41, 5.74) is 3.69. The minimum Gasteiger partial charge on any atom is -0.302 e. The van der Waals surface area contributed by atoms with Gasteiger partial charge in [0.2, 0.25) is 5.82 Å². The van der Waals surface area contributed by atoms with Crippen LogP contribution in [0.1, 0.15) is 16.1 Å². The van der Waals surface area contributed by atoms with E-state index in [-0.39, 0.29) is 21.9 Å². The molecular formula is C18H11BrFN5O3S. The van der Waals surface area contributed by atoms with Gasteiger partial charge in [0.05, 0.1) is 15.7 Å². The van der Waals surface area contributed by atoms with Gasteiger partial charge in [-0.1, -0.05) is 23.4 Å². The molecular weight excluding hydrogens is 465 g/mol. The van der Waals surface area contributed by atoms with E-state index >= 15 is 0 Å². The molecule has 0 unspecified atom stereocenters. The molecule has 0 aliphatic rings. The van der Waals surface area contributed by atoms with Gasteiger partial charge in [-0.15, -0.1) is 11.3 Å². The van der Waals surface area contributed by atoms with E-state index in [9.17, 15) is 9.18 Å². The third kappa shape index (κ3) is 4.25. The second-order valence-corrected chi connectivity index (χ2v) is 7.42. The Hall–Kier alpha value is -3.31. The van der Waals surface area contributed by atoms with Crippen LogP contribution in [0.5, 0.6) is 0 Å². The summed E-state index contributed by atoms with van der Waals surface area (Å²) in [4.78, 5) is 17.5. The summed E-state index contributed by atoms with van der Waals surface area (Å²) in [6, 6.07) is 11.8. The Kier molecular flexibility index (Phi) is 5.49. The minimum atomic E-state index is -0.397. The van der Waals surface area contributed by atoms with Crippen LogP contribution in [-0.2, 0) is 4.94 Å². The maximum Gasteiger partial charge on any atom is 0.258 e. The van der Waals surface area contributed by atoms with Crippen LogP contribution < -0.4 is 10.8 Å². The monoisotopic (exact) mass is 475 g/mol. The molecule has 0 radical (unpaired) electrons. The average Bonchev–Trinajstić information content (AvgIpc) is 3.34. The number of carbonyl (C=O) groups excluding carboxylic acids is 1. The molecule has 0 atom stereocenters. The molecule has 2 heterocycles. The zero-order valence-electron chi connectivity index (χ0n) is 14.4. The fourth-order valence-electron chi connectivity index (χ4n) is 2.41. The number of carbonyl (C=O) groups is 1. The van der Waals surface area contributed by atoms with E-state index in [4.69, 9.17) is 4.94 Å². The number of nitrogens with zero attached hydrogens (tertiary/aromatic N) is 3. The molecule has 11 heteroatoms. The third-order valence-corrected chi connectivity index (χ3v) is 5.35. The number of halogens is 2. The molecule has 0 aliphatic carbocycles. The number of anilines is 2. The highest BCUT2D eigenvalue weighted by atomic mass is 79.9. The van der Waals surface area contributed by atoms with Gasteiger partial charge in [-0.25, -0.2) is 9.02 Å². The van der Waals surface area contributed by atoms with Crippen LogP contribution >= 0.6 is 27.3 Å². The van der Waals surface area contributed by atoms with Gasteiger partial charge < -0.3 is 5.32 Å². The predicted octanol–water partition coefficient (Wildman–Crippen LogP) is 4.82. The first-order valence-corrected chi connectivity index (χ1v) is 9.79. The number of thiophene rings is 1. The SMILES string of the molecule is O=C(Nc1nonc1/C=N/ONc1ccc(F)c(Br)c1)c1csc2ccccc12.